The summed E-state index contributed by atoms with van der Waals surface area (Å²) in [5.74, 6) is 1.19. The van der Waals surface area contributed by atoms with Gasteiger partial charge in [0.25, 0.3) is 5.56 Å². The normalized spacial score (nSPS) is 15.6. The van der Waals surface area contributed by atoms with E-state index in [1.807, 2.05) is 80.6 Å². The van der Waals surface area contributed by atoms with Gasteiger partial charge >= 0.3 is 0 Å². The number of methoxy groups -OCH3 is 1. The van der Waals surface area contributed by atoms with Crippen molar-refractivity contribution >= 4 is 34.0 Å². The quantitative estimate of drug-likeness (QED) is 0.396. The van der Waals surface area contributed by atoms with Crippen molar-refractivity contribution < 1.29 is 14.3 Å². The number of rotatable bonds is 6. The number of carbonyl (C=O) groups excluding carboxylic acids is 1. The minimum absolute atomic E-state index is 0.130. The number of hydrogen-bond acceptors (Lipinski definition) is 6. The highest BCUT2D eigenvalue weighted by atomic mass is 32.1. The van der Waals surface area contributed by atoms with Crippen molar-refractivity contribution in [3.8, 4) is 11.5 Å². The summed E-state index contributed by atoms with van der Waals surface area (Å²) < 4.78 is 13.7. The van der Waals surface area contributed by atoms with E-state index in [4.69, 9.17) is 9.47 Å². The molecule has 36 heavy (non-hydrogen) atoms. The molecule has 0 saturated heterocycles. The minimum Gasteiger partial charge on any atom is -0.496 e. The van der Waals surface area contributed by atoms with Gasteiger partial charge in [-0.05, 0) is 49.8 Å². The third kappa shape index (κ3) is 3.95. The lowest BCUT2D eigenvalue weighted by Crippen LogP contribution is -2.39. The molecule has 0 N–H and O–H groups in total. The van der Waals surface area contributed by atoms with Gasteiger partial charge in [-0.25, -0.2) is 4.99 Å². The zero-order chi connectivity index (χ0) is 25.4. The van der Waals surface area contributed by atoms with Crippen molar-refractivity contribution in [2.24, 2.45) is 4.99 Å². The second kappa shape index (κ2) is 9.59. The Morgan fingerprint density at radius 2 is 1.83 bits per heavy atom. The van der Waals surface area contributed by atoms with Crippen molar-refractivity contribution in [3.05, 3.63) is 103 Å². The number of hydrogen-bond donors (Lipinski definition) is 0. The molecule has 3 aromatic carbocycles. The molecule has 0 amide bonds. The molecule has 5 rings (SSSR count). The van der Waals surface area contributed by atoms with E-state index in [1.165, 1.54) is 18.3 Å². The van der Waals surface area contributed by atoms with Gasteiger partial charge in [0.15, 0.2) is 10.6 Å². The summed E-state index contributed by atoms with van der Waals surface area (Å²) in [6.45, 7) is 5.77. The van der Waals surface area contributed by atoms with Crippen LogP contribution in [0, 0.1) is 0 Å². The van der Waals surface area contributed by atoms with E-state index in [0.29, 0.717) is 38.7 Å². The third-order valence-corrected chi connectivity index (χ3v) is 7.32. The van der Waals surface area contributed by atoms with Crippen molar-refractivity contribution in [1.82, 2.24) is 4.57 Å². The van der Waals surface area contributed by atoms with Crippen LogP contribution in [0.3, 0.4) is 0 Å². The van der Waals surface area contributed by atoms with Gasteiger partial charge in [0.1, 0.15) is 11.5 Å². The Kier molecular flexibility index (Phi) is 6.33. The van der Waals surface area contributed by atoms with Crippen molar-refractivity contribution in [2.75, 3.05) is 13.7 Å². The van der Waals surface area contributed by atoms with Gasteiger partial charge in [0, 0.05) is 22.4 Å². The lowest BCUT2D eigenvalue weighted by atomic mass is 9.93. The molecule has 1 atom stereocenters. The lowest BCUT2D eigenvalue weighted by molar-refractivity contribution is -0.114. The standard InChI is InChI=1S/C29H26N2O4S/c1-5-35-24-15-14-19-10-6-7-11-20(19)22(24)16-25-28(33)31-27(21-12-8-9-13-23(21)34-4)26(18(3)32)17(2)30-29(31)36-25/h6-16,27H,5H2,1-4H3/t27-/m0/s1. The fraction of sp³-hybridized carbons (Fsp3) is 0.207. The van der Waals surface area contributed by atoms with E-state index in [2.05, 4.69) is 4.99 Å². The molecule has 0 fully saturated rings. The van der Waals surface area contributed by atoms with Gasteiger partial charge in [0.05, 0.1) is 24.3 Å². The van der Waals surface area contributed by atoms with Crippen LogP contribution in [0.5, 0.6) is 11.5 Å². The van der Waals surface area contributed by atoms with E-state index in [0.717, 1.165) is 21.9 Å². The number of thiazole rings is 1. The molecule has 6 nitrogen and oxygen atoms in total. The maximum absolute atomic E-state index is 13.9. The molecule has 0 bridgehead atoms. The summed E-state index contributed by atoms with van der Waals surface area (Å²) in [5.41, 5.74) is 2.46. The van der Waals surface area contributed by atoms with Crippen molar-refractivity contribution in [1.29, 1.82) is 0 Å². The molecule has 1 aliphatic heterocycles. The molecule has 1 aliphatic rings. The van der Waals surface area contributed by atoms with Crippen LogP contribution in [0.25, 0.3) is 16.8 Å². The number of carbonyl (C=O) groups is 1. The van der Waals surface area contributed by atoms with Gasteiger partial charge in [-0.3, -0.25) is 14.2 Å². The zero-order valence-electron chi connectivity index (χ0n) is 20.6. The Morgan fingerprint density at radius 1 is 1.08 bits per heavy atom. The molecular weight excluding hydrogens is 472 g/mol. The number of ether oxygens (including phenoxy) is 2. The van der Waals surface area contributed by atoms with Gasteiger partial charge in [-0.2, -0.15) is 0 Å². The average Bonchev–Trinajstić information content (AvgIpc) is 3.18. The highest BCUT2D eigenvalue weighted by Crippen LogP contribution is 2.35. The van der Waals surface area contributed by atoms with Crippen LogP contribution in [0.1, 0.15) is 37.9 Å². The maximum Gasteiger partial charge on any atom is 0.271 e. The molecule has 2 heterocycles. The summed E-state index contributed by atoms with van der Waals surface area (Å²) in [6, 6.07) is 18.8. The van der Waals surface area contributed by atoms with Crippen LogP contribution in [0.4, 0.5) is 0 Å². The van der Waals surface area contributed by atoms with Crippen LogP contribution in [0.2, 0.25) is 0 Å². The van der Waals surface area contributed by atoms with Crippen molar-refractivity contribution in [3.63, 3.8) is 0 Å². The number of benzene rings is 3. The van der Waals surface area contributed by atoms with Crippen LogP contribution in [-0.2, 0) is 4.79 Å². The number of nitrogens with zero attached hydrogens (tertiary/aromatic N) is 2. The molecule has 1 aromatic heterocycles. The molecular formula is C29H26N2O4S. The highest BCUT2D eigenvalue weighted by Gasteiger charge is 2.32. The molecule has 4 aromatic rings. The second-order valence-corrected chi connectivity index (χ2v) is 9.52. The van der Waals surface area contributed by atoms with Crippen LogP contribution >= 0.6 is 11.3 Å². The number of ketones is 1. The Bertz CT molecular complexity index is 1710. The Morgan fingerprint density at radius 3 is 2.58 bits per heavy atom. The van der Waals surface area contributed by atoms with E-state index in [1.54, 1.807) is 11.7 Å². The van der Waals surface area contributed by atoms with Gasteiger partial charge in [-0.15, -0.1) is 0 Å². The fourth-order valence-electron chi connectivity index (χ4n) is 4.79. The van der Waals surface area contributed by atoms with Gasteiger partial charge in [0.2, 0.25) is 0 Å². The zero-order valence-corrected chi connectivity index (χ0v) is 21.4. The molecule has 7 heteroatoms. The summed E-state index contributed by atoms with van der Waals surface area (Å²) in [5, 5.41) is 2.05. The van der Waals surface area contributed by atoms with Crippen LogP contribution in [0.15, 0.2) is 81.7 Å². The van der Waals surface area contributed by atoms with Gasteiger partial charge < -0.3 is 9.47 Å². The topological polar surface area (TPSA) is 69.9 Å². The number of aromatic nitrogens is 1. The predicted molar refractivity (Wildman–Crippen MR) is 143 cm³/mol. The Balaban J connectivity index is 1.82. The molecule has 0 saturated carbocycles. The first-order chi connectivity index (χ1) is 17.4. The SMILES string of the molecule is CCOc1ccc2ccccc2c1C=c1sc2n(c1=O)[C@@H](c1ccccc1OC)C(C(C)=O)=C(C)N=2. The number of para-hydroxylation sites is 1. The number of fused-ring (bicyclic) bond motifs is 2. The summed E-state index contributed by atoms with van der Waals surface area (Å²) >= 11 is 1.31. The molecule has 0 radical (unpaired) electrons. The summed E-state index contributed by atoms with van der Waals surface area (Å²) in [6.07, 6.45) is 1.88. The first kappa shape index (κ1) is 23.8. The highest BCUT2D eigenvalue weighted by molar-refractivity contribution is 7.07. The van der Waals surface area contributed by atoms with Crippen LogP contribution in [-0.4, -0.2) is 24.1 Å². The molecule has 0 unspecified atom stereocenters. The fourth-order valence-corrected chi connectivity index (χ4v) is 5.82. The lowest BCUT2D eigenvalue weighted by Gasteiger charge is -2.25. The van der Waals surface area contributed by atoms with E-state index < -0.39 is 6.04 Å². The van der Waals surface area contributed by atoms with Crippen molar-refractivity contribution in [2.45, 2.75) is 26.8 Å². The number of allylic oxidation sites excluding steroid dienone is 2. The van der Waals surface area contributed by atoms with Gasteiger partial charge in [-0.1, -0.05) is 59.9 Å². The first-order valence-corrected chi connectivity index (χ1v) is 12.6. The Hall–Kier alpha value is -3.97. The molecule has 0 aliphatic carbocycles. The first-order valence-electron chi connectivity index (χ1n) is 11.8. The van der Waals surface area contributed by atoms with Crippen LogP contribution < -0.4 is 24.4 Å². The smallest absolute Gasteiger partial charge is 0.271 e. The largest absolute Gasteiger partial charge is 0.496 e. The van der Waals surface area contributed by atoms with E-state index in [9.17, 15) is 9.59 Å². The number of Topliss-reactive ketones (excluding diaryl/α,β-unsaturated/α-hetero) is 1. The van der Waals surface area contributed by atoms with E-state index >= 15 is 0 Å². The minimum atomic E-state index is -0.629. The predicted octanol–water partition coefficient (Wildman–Crippen LogP) is 4.38. The maximum atomic E-state index is 13.9. The Labute approximate surface area is 212 Å². The molecule has 182 valence electrons. The monoisotopic (exact) mass is 498 g/mol. The summed E-state index contributed by atoms with van der Waals surface area (Å²) in [4.78, 5) is 31.9. The second-order valence-electron chi connectivity index (χ2n) is 8.51. The molecule has 0 spiro atoms. The average molecular weight is 499 g/mol. The van der Waals surface area contributed by atoms with E-state index in [-0.39, 0.29) is 11.3 Å². The summed E-state index contributed by atoms with van der Waals surface area (Å²) in [7, 11) is 1.59. The third-order valence-electron chi connectivity index (χ3n) is 6.34.